The molecular formula is C17H24FNO. The lowest BCUT2D eigenvalue weighted by Gasteiger charge is -2.35. The minimum absolute atomic E-state index is 0.151. The van der Waals surface area contributed by atoms with Gasteiger partial charge in [-0.15, -0.1) is 0 Å². The maximum Gasteiger partial charge on any atom is 0.128 e. The number of aliphatic hydroxyl groups is 1. The van der Waals surface area contributed by atoms with E-state index in [0.717, 1.165) is 0 Å². The molecule has 110 valence electrons. The van der Waals surface area contributed by atoms with Crippen LogP contribution in [0.5, 0.6) is 0 Å². The van der Waals surface area contributed by atoms with E-state index in [1.807, 2.05) is 7.05 Å². The first-order valence-corrected chi connectivity index (χ1v) is 6.84. The minimum Gasteiger partial charge on any atom is -0.384 e. The average Bonchev–Trinajstić information content (AvgIpc) is 2.37. The molecule has 0 amide bonds. The summed E-state index contributed by atoms with van der Waals surface area (Å²) >= 11 is 0. The predicted octanol–water partition coefficient (Wildman–Crippen LogP) is 3.04. The zero-order valence-electron chi connectivity index (χ0n) is 13.0. The second kappa shape index (κ2) is 6.88. The highest BCUT2D eigenvalue weighted by atomic mass is 19.1. The SMILES string of the molecule is CC(N(C)Cc1ccc(C#CCO)cc1F)C(C)(C)C. The van der Waals surface area contributed by atoms with Gasteiger partial charge in [0.2, 0.25) is 0 Å². The molecule has 0 aliphatic heterocycles. The van der Waals surface area contributed by atoms with Crippen LogP contribution in [0.2, 0.25) is 0 Å². The number of hydrogen-bond donors (Lipinski definition) is 1. The molecule has 1 atom stereocenters. The molecule has 0 saturated carbocycles. The number of hydrogen-bond acceptors (Lipinski definition) is 2. The van der Waals surface area contributed by atoms with Crippen LogP contribution in [0.25, 0.3) is 0 Å². The second-order valence-corrected chi connectivity index (χ2v) is 6.22. The van der Waals surface area contributed by atoms with Gasteiger partial charge in [0.05, 0.1) is 0 Å². The van der Waals surface area contributed by atoms with Gasteiger partial charge < -0.3 is 5.11 Å². The van der Waals surface area contributed by atoms with Crippen molar-refractivity contribution in [2.75, 3.05) is 13.7 Å². The molecule has 0 aromatic heterocycles. The van der Waals surface area contributed by atoms with E-state index < -0.39 is 0 Å². The Labute approximate surface area is 121 Å². The van der Waals surface area contributed by atoms with Crippen LogP contribution in [0.3, 0.4) is 0 Å². The van der Waals surface area contributed by atoms with Crippen molar-refractivity contribution < 1.29 is 9.50 Å². The highest BCUT2D eigenvalue weighted by Crippen LogP contribution is 2.24. The lowest BCUT2D eigenvalue weighted by molar-refractivity contribution is 0.133. The molecule has 1 rings (SSSR count). The Morgan fingerprint density at radius 1 is 1.35 bits per heavy atom. The van der Waals surface area contributed by atoms with Crippen LogP contribution >= 0.6 is 0 Å². The standard InChI is InChI=1S/C17H24FNO/c1-13(17(2,3)4)19(5)12-15-9-8-14(7-6-10-20)11-16(15)18/h8-9,11,13,20H,10,12H2,1-5H3. The Balaban J connectivity index is 2.83. The second-order valence-electron chi connectivity index (χ2n) is 6.22. The van der Waals surface area contributed by atoms with Crippen molar-refractivity contribution in [1.29, 1.82) is 0 Å². The topological polar surface area (TPSA) is 23.5 Å². The molecule has 0 radical (unpaired) electrons. The van der Waals surface area contributed by atoms with E-state index in [1.54, 1.807) is 12.1 Å². The summed E-state index contributed by atoms with van der Waals surface area (Å²) in [7, 11) is 2.01. The van der Waals surface area contributed by atoms with Crippen molar-refractivity contribution in [2.45, 2.75) is 40.3 Å². The third kappa shape index (κ3) is 4.63. The molecule has 1 aromatic carbocycles. The molecule has 1 aromatic rings. The molecule has 1 N–H and O–H groups in total. The third-order valence-corrected chi connectivity index (χ3v) is 3.70. The third-order valence-electron chi connectivity index (χ3n) is 3.70. The number of aliphatic hydroxyl groups excluding tert-OH is 1. The molecule has 1 unspecified atom stereocenters. The maximum atomic E-state index is 14.0. The zero-order chi connectivity index (χ0) is 15.3. The summed E-state index contributed by atoms with van der Waals surface area (Å²) in [5, 5.41) is 8.63. The van der Waals surface area contributed by atoms with E-state index >= 15 is 0 Å². The molecule has 0 heterocycles. The highest BCUT2D eigenvalue weighted by molar-refractivity contribution is 5.37. The first-order chi connectivity index (χ1) is 9.25. The lowest BCUT2D eigenvalue weighted by atomic mass is 9.87. The number of nitrogens with zero attached hydrogens (tertiary/aromatic N) is 1. The Kier molecular flexibility index (Phi) is 5.74. The van der Waals surface area contributed by atoms with Crippen LogP contribution in [0.1, 0.15) is 38.8 Å². The largest absolute Gasteiger partial charge is 0.384 e. The molecule has 0 aliphatic carbocycles. The minimum atomic E-state index is -0.248. The van der Waals surface area contributed by atoms with Gasteiger partial charge >= 0.3 is 0 Å². The van der Waals surface area contributed by atoms with E-state index in [4.69, 9.17) is 5.11 Å². The van der Waals surface area contributed by atoms with Crippen LogP contribution in [0, 0.1) is 23.1 Å². The van der Waals surface area contributed by atoms with Gasteiger partial charge in [-0.05, 0) is 31.5 Å². The van der Waals surface area contributed by atoms with E-state index in [0.29, 0.717) is 23.7 Å². The van der Waals surface area contributed by atoms with E-state index in [1.165, 1.54) is 6.07 Å². The summed E-state index contributed by atoms with van der Waals surface area (Å²) in [5.41, 5.74) is 1.41. The van der Waals surface area contributed by atoms with Crippen molar-refractivity contribution in [2.24, 2.45) is 5.41 Å². The van der Waals surface area contributed by atoms with Crippen molar-refractivity contribution in [1.82, 2.24) is 4.90 Å². The Morgan fingerprint density at radius 2 is 2.00 bits per heavy atom. The quantitative estimate of drug-likeness (QED) is 0.858. The highest BCUT2D eigenvalue weighted by Gasteiger charge is 2.24. The maximum absolute atomic E-state index is 14.0. The van der Waals surface area contributed by atoms with Crippen LogP contribution in [0.15, 0.2) is 18.2 Å². The monoisotopic (exact) mass is 277 g/mol. The molecule has 20 heavy (non-hydrogen) atoms. The predicted molar refractivity (Wildman–Crippen MR) is 80.7 cm³/mol. The molecule has 0 fully saturated rings. The molecular weight excluding hydrogens is 253 g/mol. The van der Waals surface area contributed by atoms with Gasteiger partial charge in [-0.2, -0.15) is 0 Å². The fourth-order valence-electron chi connectivity index (χ4n) is 1.96. The molecule has 0 bridgehead atoms. The number of benzene rings is 1. The van der Waals surface area contributed by atoms with Crippen molar-refractivity contribution in [3.8, 4) is 11.8 Å². The van der Waals surface area contributed by atoms with Crippen LogP contribution in [0.4, 0.5) is 4.39 Å². The molecule has 2 nitrogen and oxygen atoms in total. The first-order valence-electron chi connectivity index (χ1n) is 6.84. The summed E-state index contributed by atoms with van der Waals surface area (Å²) in [5.74, 6) is 4.98. The lowest BCUT2D eigenvalue weighted by Crippen LogP contribution is -2.38. The molecule has 0 saturated heterocycles. The average molecular weight is 277 g/mol. The fourth-order valence-corrected chi connectivity index (χ4v) is 1.96. The summed E-state index contributed by atoms with van der Waals surface area (Å²) in [6, 6.07) is 5.32. The van der Waals surface area contributed by atoms with Crippen molar-refractivity contribution >= 4 is 0 Å². The summed E-state index contributed by atoms with van der Waals surface area (Å²) in [4.78, 5) is 2.15. The normalized spacial score (nSPS) is 13.0. The van der Waals surface area contributed by atoms with Crippen molar-refractivity contribution in [3.05, 3.63) is 35.1 Å². The van der Waals surface area contributed by atoms with Gasteiger partial charge in [-0.1, -0.05) is 38.7 Å². The van der Waals surface area contributed by atoms with E-state index in [9.17, 15) is 4.39 Å². The fraction of sp³-hybridized carbons (Fsp3) is 0.529. The van der Waals surface area contributed by atoms with Gasteiger partial charge in [0.15, 0.2) is 0 Å². The summed E-state index contributed by atoms with van der Waals surface area (Å²) in [6.07, 6.45) is 0. The van der Waals surface area contributed by atoms with E-state index in [2.05, 4.69) is 44.4 Å². The Morgan fingerprint density at radius 3 is 2.50 bits per heavy atom. The van der Waals surface area contributed by atoms with Crippen LogP contribution in [-0.2, 0) is 6.54 Å². The number of halogens is 1. The summed E-state index contributed by atoms with van der Waals surface area (Å²) < 4.78 is 14.0. The van der Waals surface area contributed by atoms with Crippen LogP contribution < -0.4 is 0 Å². The summed E-state index contributed by atoms with van der Waals surface area (Å²) in [6.45, 7) is 9.04. The first kappa shape index (κ1) is 16.7. The van der Waals surface area contributed by atoms with Gasteiger partial charge in [-0.25, -0.2) is 4.39 Å². The molecule has 3 heteroatoms. The Hall–Kier alpha value is -1.37. The molecule has 0 spiro atoms. The van der Waals surface area contributed by atoms with Crippen LogP contribution in [-0.4, -0.2) is 29.7 Å². The van der Waals surface area contributed by atoms with Gasteiger partial charge in [-0.3, -0.25) is 4.90 Å². The number of rotatable bonds is 3. The smallest absolute Gasteiger partial charge is 0.128 e. The van der Waals surface area contributed by atoms with E-state index in [-0.39, 0.29) is 17.8 Å². The Bertz CT molecular complexity index is 508. The van der Waals surface area contributed by atoms with Gasteiger partial charge in [0, 0.05) is 23.7 Å². The zero-order valence-corrected chi connectivity index (χ0v) is 13.0. The van der Waals surface area contributed by atoms with Crippen molar-refractivity contribution in [3.63, 3.8) is 0 Å². The van der Waals surface area contributed by atoms with Gasteiger partial charge in [0.1, 0.15) is 12.4 Å². The molecule has 0 aliphatic rings. The van der Waals surface area contributed by atoms with Gasteiger partial charge in [0.25, 0.3) is 0 Å².